The molecule has 0 unspecified atom stereocenters. The number of nitrogens with one attached hydrogen (secondary N) is 1. The molecule has 3 aromatic carbocycles. The number of ether oxygens (including phenoxy) is 2. The first-order chi connectivity index (χ1) is 14.5. The summed E-state index contributed by atoms with van der Waals surface area (Å²) in [7, 11) is 0. The smallest absolute Gasteiger partial charge is 0.345 e. The molecule has 0 saturated carbocycles. The summed E-state index contributed by atoms with van der Waals surface area (Å²) < 4.78 is 23.8. The molecule has 1 N–H and O–H groups in total. The molecule has 6 nitrogen and oxygen atoms in total. The van der Waals surface area contributed by atoms with E-state index in [1.165, 1.54) is 24.3 Å². The number of benzene rings is 3. The van der Waals surface area contributed by atoms with Gasteiger partial charge in [0.05, 0.1) is 0 Å². The molecule has 0 heterocycles. The van der Waals surface area contributed by atoms with Gasteiger partial charge in [0.25, 0.3) is 5.91 Å². The summed E-state index contributed by atoms with van der Waals surface area (Å²) in [4.78, 5) is 35.7. The zero-order valence-electron chi connectivity index (χ0n) is 15.8. The van der Waals surface area contributed by atoms with Crippen LogP contribution in [0.2, 0.25) is 0 Å². The lowest BCUT2D eigenvalue weighted by Gasteiger charge is -2.18. The predicted molar refractivity (Wildman–Crippen MR) is 108 cm³/mol. The highest BCUT2D eigenvalue weighted by atomic mass is 19.1. The van der Waals surface area contributed by atoms with Crippen molar-refractivity contribution in [2.75, 3.05) is 11.9 Å². The molecule has 0 fully saturated rings. The number of esters is 1. The van der Waals surface area contributed by atoms with Gasteiger partial charge >= 0.3 is 5.97 Å². The first kappa shape index (κ1) is 20.7. The zero-order chi connectivity index (χ0) is 21.3. The highest BCUT2D eigenvalue weighted by Crippen LogP contribution is 2.21. The van der Waals surface area contributed by atoms with E-state index in [-0.39, 0.29) is 0 Å². The van der Waals surface area contributed by atoms with Crippen molar-refractivity contribution in [3.63, 3.8) is 0 Å². The molecule has 1 atom stereocenters. The van der Waals surface area contributed by atoms with Crippen LogP contribution in [-0.2, 0) is 14.3 Å². The van der Waals surface area contributed by atoms with Crippen LogP contribution < -0.4 is 10.1 Å². The Kier molecular flexibility index (Phi) is 6.89. The third-order valence-electron chi connectivity index (χ3n) is 4.07. The van der Waals surface area contributed by atoms with Gasteiger partial charge in [0.2, 0.25) is 6.10 Å². The Balaban J connectivity index is 1.67. The Morgan fingerprint density at radius 1 is 0.933 bits per heavy atom. The van der Waals surface area contributed by atoms with Gasteiger partial charge in [-0.25, -0.2) is 9.18 Å². The highest BCUT2D eigenvalue weighted by Gasteiger charge is 2.25. The van der Waals surface area contributed by atoms with Crippen LogP contribution in [0.1, 0.15) is 22.0 Å². The molecule has 0 aliphatic carbocycles. The van der Waals surface area contributed by atoms with Crippen molar-refractivity contribution in [3.05, 3.63) is 95.8 Å². The van der Waals surface area contributed by atoms with Crippen LogP contribution in [-0.4, -0.2) is 24.8 Å². The largest absolute Gasteiger partial charge is 0.482 e. The Morgan fingerprint density at radius 2 is 1.60 bits per heavy atom. The molecule has 0 aromatic heterocycles. The Hall–Kier alpha value is -4.00. The maximum Gasteiger partial charge on any atom is 0.345 e. The Bertz CT molecular complexity index is 1000. The van der Waals surface area contributed by atoms with E-state index in [2.05, 4.69) is 5.32 Å². The van der Waals surface area contributed by atoms with Crippen molar-refractivity contribution in [2.45, 2.75) is 6.10 Å². The van der Waals surface area contributed by atoms with E-state index in [1.807, 2.05) is 0 Å². The standard InChI is InChI=1S/C23H18FNO5/c24-18-8-10-19(11-9-18)25-23(28)22(17-4-2-1-3-5-17)30-21(27)15-29-20-12-6-16(14-26)7-13-20/h1-14,22H,15H2,(H,25,28)/t22-/m0/s1. The number of rotatable bonds is 8. The van der Waals surface area contributed by atoms with Crippen LogP contribution in [0.3, 0.4) is 0 Å². The fourth-order valence-electron chi connectivity index (χ4n) is 2.59. The average molecular weight is 407 g/mol. The lowest BCUT2D eigenvalue weighted by molar-refractivity contribution is -0.156. The van der Waals surface area contributed by atoms with Crippen LogP contribution in [0.25, 0.3) is 0 Å². The molecule has 0 aliphatic heterocycles. The number of anilines is 1. The van der Waals surface area contributed by atoms with Crippen molar-refractivity contribution >= 4 is 23.9 Å². The van der Waals surface area contributed by atoms with E-state index < -0.39 is 30.4 Å². The molecule has 3 rings (SSSR count). The van der Waals surface area contributed by atoms with Gasteiger partial charge in [-0.2, -0.15) is 0 Å². The van der Waals surface area contributed by atoms with Crippen LogP contribution in [0.4, 0.5) is 10.1 Å². The summed E-state index contributed by atoms with van der Waals surface area (Å²) >= 11 is 0. The van der Waals surface area contributed by atoms with Gasteiger partial charge in [0.15, 0.2) is 6.61 Å². The average Bonchev–Trinajstić information content (AvgIpc) is 2.78. The van der Waals surface area contributed by atoms with Gasteiger partial charge in [0.1, 0.15) is 17.9 Å². The minimum Gasteiger partial charge on any atom is -0.482 e. The molecule has 0 aliphatic rings. The maximum atomic E-state index is 13.1. The highest BCUT2D eigenvalue weighted by molar-refractivity contribution is 5.96. The molecule has 30 heavy (non-hydrogen) atoms. The van der Waals surface area contributed by atoms with Crippen molar-refractivity contribution in [1.82, 2.24) is 0 Å². The maximum absolute atomic E-state index is 13.1. The van der Waals surface area contributed by atoms with Crippen molar-refractivity contribution < 1.29 is 28.2 Å². The van der Waals surface area contributed by atoms with E-state index in [4.69, 9.17) is 9.47 Å². The first-order valence-electron chi connectivity index (χ1n) is 9.04. The lowest BCUT2D eigenvalue weighted by Crippen LogP contribution is -2.28. The minimum absolute atomic E-state index is 0.366. The van der Waals surface area contributed by atoms with Gasteiger partial charge in [-0.3, -0.25) is 9.59 Å². The second kappa shape index (κ2) is 9.97. The summed E-state index contributed by atoms with van der Waals surface area (Å²) in [6.07, 6.45) is -0.521. The molecule has 152 valence electrons. The molecular formula is C23H18FNO5. The van der Waals surface area contributed by atoms with E-state index in [0.717, 1.165) is 0 Å². The molecule has 0 spiro atoms. The third kappa shape index (κ3) is 5.75. The number of carbonyl (C=O) groups is 3. The summed E-state index contributed by atoms with van der Waals surface area (Å²) in [5.41, 5.74) is 1.32. The Labute approximate surface area is 172 Å². The predicted octanol–water partition coefficient (Wildman–Crippen LogP) is 3.94. The molecule has 0 saturated heterocycles. The van der Waals surface area contributed by atoms with Gasteiger partial charge in [0, 0.05) is 16.8 Å². The van der Waals surface area contributed by atoms with E-state index in [0.29, 0.717) is 28.8 Å². The first-order valence-corrected chi connectivity index (χ1v) is 9.04. The van der Waals surface area contributed by atoms with E-state index in [9.17, 15) is 18.8 Å². The van der Waals surface area contributed by atoms with Crippen LogP contribution in [0.15, 0.2) is 78.9 Å². The Morgan fingerprint density at radius 3 is 2.23 bits per heavy atom. The van der Waals surface area contributed by atoms with Crippen molar-refractivity contribution in [3.8, 4) is 5.75 Å². The van der Waals surface area contributed by atoms with Gasteiger partial charge in [-0.05, 0) is 48.5 Å². The fraction of sp³-hybridized carbons (Fsp3) is 0.0870. The molecule has 0 bridgehead atoms. The van der Waals surface area contributed by atoms with Crippen molar-refractivity contribution in [1.29, 1.82) is 0 Å². The van der Waals surface area contributed by atoms with E-state index >= 15 is 0 Å². The molecule has 3 aromatic rings. The summed E-state index contributed by atoms with van der Waals surface area (Å²) in [6, 6.07) is 19.9. The van der Waals surface area contributed by atoms with Crippen LogP contribution in [0, 0.1) is 5.82 Å². The molecule has 0 radical (unpaired) electrons. The number of hydrogen-bond acceptors (Lipinski definition) is 5. The topological polar surface area (TPSA) is 81.7 Å². The van der Waals surface area contributed by atoms with Gasteiger partial charge in [-0.15, -0.1) is 0 Å². The summed E-state index contributed by atoms with van der Waals surface area (Å²) in [5.74, 6) is -1.39. The quantitative estimate of drug-likeness (QED) is 0.452. The summed E-state index contributed by atoms with van der Waals surface area (Å²) in [6.45, 7) is -0.423. The normalized spacial score (nSPS) is 11.2. The van der Waals surface area contributed by atoms with Crippen LogP contribution in [0.5, 0.6) is 5.75 Å². The third-order valence-corrected chi connectivity index (χ3v) is 4.07. The number of halogens is 1. The number of aldehydes is 1. The van der Waals surface area contributed by atoms with Crippen molar-refractivity contribution in [2.24, 2.45) is 0 Å². The second-order valence-electron chi connectivity index (χ2n) is 6.25. The lowest BCUT2D eigenvalue weighted by atomic mass is 10.1. The zero-order valence-corrected chi connectivity index (χ0v) is 15.8. The number of hydrogen-bond donors (Lipinski definition) is 1. The monoisotopic (exact) mass is 407 g/mol. The molecule has 1 amide bonds. The molecular weight excluding hydrogens is 389 g/mol. The fourth-order valence-corrected chi connectivity index (χ4v) is 2.59. The van der Waals surface area contributed by atoms with Gasteiger partial charge < -0.3 is 14.8 Å². The SMILES string of the molecule is O=Cc1ccc(OCC(=O)O[C@H](C(=O)Nc2ccc(F)cc2)c2ccccc2)cc1. The van der Waals surface area contributed by atoms with Crippen LogP contribution >= 0.6 is 0 Å². The van der Waals surface area contributed by atoms with E-state index in [1.54, 1.807) is 54.6 Å². The van der Waals surface area contributed by atoms with Gasteiger partial charge in [-0.1, -0.05) is 30.3 Å². The summed E-state index contributed by atoms with van der Waals surface area (Å²) in [5, 5.41) is 2.60. The second-order valence-corrected chi connectivity index (χ2v) is 6.25. The molecule has 7 heteroatoms. The minimum atomic E-state index is -1.22. The number of carbonyl (C=O) groups excluding carboxylic acids is 3. The number of amides is 1.